The van der Waals surface area contributed by atoms with Gasteiger partial charge in [-0.25, -0.2) is 9.67 Å². The van der Waals surface area contributed by atoms with E-state index >= 15 is 0 Å². The van der Waals surface area contributed by atoms with Gasteiger partial charge in [-0.15, -0.1) is 11.3 Å². The number of aromatic nitrogens is 3. The van der Waals surface area contributed by atoms with Gasteiger partial charge in [0.15, 0.2) is 5.82 Å². The maximum atomic E-state index is 4.36. The van der Waals surface area contributed by atoms with Crippen LogP contribution in [0.5, 0.6) is 0 Å². The number of pyridine rings is 1. The van der Waals surface area contributed by atoms with Crippen molar-refractivity contribution >= 4 is 17.0 Å². The molecule has 0 saturated heterocycles. The quantitative estimate of drug-likeness (QED) is 0.780. The topological polar surface area (TPSA) is 42.7 Å². The Morgan fingerprint density at radius 2 is 2.22 bits per heavy atom. The summed E-state index contributed by atoms with van der Waals surface area (Å²) in [7, 11) is 0. The molecule has 3 heterocycles. The van der Waals surface area contributed by atoms with E-state index in [0.717, 1.165) is 18.1 Å². The smallest absolute Gasteiger partial charge is 0.153 e. The summed E-state index contributed by atoms with van der Waals surface area (Å²) in [4.78, 5) is 5.67. The Labute approximate surface area is 109 Å². The molecule has 5 heteroatoms. The van der Waals surface area contributed by atoms with Crippen molar-refractivity contribution in [2.24, 2.45) is 0 Å². The number of anilines is 1. The van der Waals surface area contributed by atoms with Crippen LogP contribution in [0.25, 0.3) is 5.82 Å². The molecule has 0 aliphatic heterocycles. The minimum atomic E-state index is 0.821. The Hall–Kier alpha value is -2.14. The van der Waals surface area contributed by atoms with Crippen LogP contribution < -0.4 is 5.32 Å². The Kier molecular flexibility index (Phi) is 3.06. The average molecular weight is 256 g/mol. The number of hydrogen-bond acceptors (Lipinski definition) is 4. The summed E-state index contributed by atoms with van der Waals surface area (Å²) in [5, 5.41) is 9.56. The SMILES string of the molecule is c1csc(CNc2ccc(-n3cccn3)nc2)c1. The Morgan fingerprint density at radius 1 is 1.22 bits per heavy atom. The minimum absolute atomic E-state index is 0.821. The molecule has 1 N–H and O–H groups in total. The zero-order chi connectivity index (χ0) is 12.2. The maximum absolute atomic E-state index is 4.36. The molecule has 0 radical (unpaired) electrons. The first-order valence-electron chi connectivity index (χ1n) is 5.64. The largest absolute Gasteiger partial charge is 0.379 e. The second-order valence-electron chi connectivity index (χ2n) is 3.79. The molecule has 0 saturated carbocycles. The Bertz CT molecular complexity index is 584. The molecule has 0 spiro atoms. The van der Waals surface area contributed by atoms with Gasteiger partial charge in [0.1, 0.15) is 0 Å². The molecule has 3 aromatic heterocycles. The summed E-state index contributed by atoms with van der Waals surface area (Å²) in [5.41, 5.74) is 1.01. The van der Waals surface area contributed by atoms with Gasteiger partial charge >= 0.3 is 0 Å². The van der Waals surface area contributed by atoms with Crippen molar-refractivity contribution in [1.82, 2.24) is 14.8 Å². The second-order valence-corrected chi connectivity index (χ2v) is 4.82. The van der Waals surface area contributed by atoms with E-state index in [9.17, 15) is 0 Å². The van der Waals surface area contributed by atoms with Crippen LogP contribution in [0.2, 0.25) is 0 Å². The Morgan fingerprint density at radius 3 is 2.89 bits per heavy atom. The molecule has 0 aliphatic rings. The third-order valence-electron chi connectivity index (χ3n) is 2.53. The summed E-state index contributed by atoms with van der Waals surface area (Å²) in [6.45, 7) is 0.834. The van der Waals surface area contributed by atoms with Crippen molar-refractivity contribution in [3.8, 4) is 5.82 Å². The number of rotatable bonds is 4. The lowest BCUT2D eigenvalue weighted by Crippen LogP contribution is -2.01. The van der Waals surface area contributed by atoms with Crippen molar-refractivity contribution in [2.45, 2.75) is 6.54 Å². The van der Waals surface area contributed by atoms with E-state index in [2.05, 4.69) is 32.9 Å². The predicted molar refractivity (Wildman–Crippen MR) is 73.0 cm³/mol. The monoisotopic (exact) mass is 256 g/mol. The first-order valence-corrected chi connectivity index (χ1v) is 6.52. The molecule has 0 aliphatic carbocycles. The van der Waals surface area contributed by atoms with Gasteiger partial charge < -0.3 is 5.32 Å². The number of nitrogens with zero attached hydrogens (tertiary/aromatic N) is 3. The minimum Gasteiger partial charge on any atom is -0.379 e. The van der Waals surface area contributed by atoms with Gasteiger partial charge in [0.05, 0.1) is 11.9 Å². The van der Waals surface area contributed by atoms with Gasteiger partial charge in [0.2, 0.25) is 0 Å². The lowest BCUT2D eigenvalue weighted by atomic mass is 10.4. The van der Waals surface area contributed by atoms with Gasteiger partial charge in [-0.2, -0.15) is 5.10 Å². The molecule has 0 aromatic carbocycles. The van der Waals surface area contributed by atoms with Gasteiger partial charge in [-0.05, 0) is 29.6 Å². The highest BCUT2D eigenvalue weighted by Crippen LogP contribution is 2.13. The lowest BCUT2D eigenvalue weighted by Gasteiger charge is -2.05. The third-order valence-corrected chi connectivity index (χ3v) is 3.41. The van der Waals surface area contributed by atoms with Crippen LogP contribution in [0.1, 0.15) is 4.88 Å². The van der Waals surface area contributed by atoms with Crippen LogP contribution in [0.4, 0.5) is 5.69 Å². The summed E-state index contributed by atoms with van der Waals surface area (Å²) in [6, 6.07) is 10.0. The fraction of sp³-hybridized carbons (Fsp3) is 0.0769. The number of thiophene rings is 1. The highest BCUT2D eigenvalue weighted by atomic mass is 32.1. The summed E-state index contributed by atoms with van der Waals surface area (Å²) in [5.74, 6) is 0.821. The molecule has 0 atom stereocenters. The van der Waals surface area contributed by atoms with Gasteiger partial charge in [0.25, 0.3) is 0 Å². The van der Waals surface area contributed by atoms with Crippen LogP contribution in [-0.2, 0) is 6.54 Å². The van der Waals surface area contributed by atoms with Gasteiger partial charge in [-0.3, -0.25) is 0 Å². The predicted octanol–water partition coefficient (Wildman–Crippen LogP) is 2.94. The average Bonchev–Trinajstić information content (AvgIpc) is 3.10. The molecule has 90 valence electrons. The molecule has 0 fully saturated rings. The van der Waals surface area contributed by atoms with Crippen molar-refractivity contribution in [3.05, 3.63) is 59.2 Å². The molecule has 18 heavy (non-hydrogen) atoms. The van der Waals surface area contributed by atoms with E-state index in [0.29, 0.717) is 0 Å². The first-order chi connectivity index (χ1) is 8.92. The van der Waals surface area contributed by atoms with E-state index in [1.807, 2.05) is 30.6 Å². The van der Waals surface area contributed by atoms with Crippen LogP contribution in [0.3, 0.4) is 0 Å². The summed E-state index contributed by atoms with van der Waals surface area (Å²) in [6.07, 6.45) is 5.44. The van der Waals surface area contributed by atoms with E-state index in [4.69, 9.17) is 0 Å². The van der Waals surface area contributed by atoms with Crippen molar-refractivity contribution in [2.75, 3.05) is 5.32 Å². The number of hydrogen-bond donors (Lipinski definition) is 1. The van der Waals surface area contributed by atoms with Crippen molar-refractivity contribution in [1.29, 1.82) is 0 Å². The van der Waals surface area contributed by atoms with Crippen LogP contribution >= 0.6 is 11.3 Å². The van der Waals surface area contributed by atoms with E-state index in [1.165, 1.54) is 4.88 Å². The van der Waals surface area contributed by atoms with Crippen LogP contribution in [-0.4, -0.2) is 14.8 Å². The van der Waals surface area contributed by atoms with E-state index < -0.39 is 0 Å². The van der Waals surface area contributed by atoms with Crippen LogP contribution in [0.15, 0.2) is 54.3 Å². The standard InChI is InChI=1S/C13H12N4S/c1-3-12(18-8-1)10-14-11-4-5-13(15-9-11)17-7-2-6-16-17/h1-9,14H,10H2. The number of nitrogens with one attached hydrogen (secondary N) is 1. The fourth-order valence-electron chi connectivity index (χ4n) is 1.63. The summed E-state index contributed by atoms with van der Waals surface area (Å²) >= 11 is 1.75. The molecular formula is C13H12N4S. The van der Waals surface area contributed by atoms with Gasteiger partial charge in [0, 0.05) is 23.8 Å². The highest BCUT2D eigenvalue weighted by Gasteiger charge is 1.99. The molecule has 0 amide bonds. The Balaban J connectivity index is 1.68. The molecule has 3 rings (SSSR count). The summed E-state index contributed by atoms with van der Waals surface area (Å²) < 4.78 is 1.74. The van der Waals surface area contributed by atoms with Crippen molar-refractivity contribution < 1.29 is 0 Å². The lowest BCUT2D eigenvalue weighted by molar-refractivity contribution is 0.847. The fourth-order valence-corrected chi connectivity index (χ4v) is 2.28. The van der Waals surface area contributed by atoms with Gasteiger partial charge in [-0.1, -0.05) is 6.07 Å². The zero-order valence-corrected chi connectivity index (χ0v) is 10.5. The van der Waals surface area contributed by atoms with Crippen molar-refractivity contribution in [3.63, 3.8) is 0 Å². The third kappa shape index (κ3) is 2.41. The van der Waals surface area contributed by atoms with Crippen LogP contribution in [0, 0.1) is 0 Å². The molecule has 0 unspecified atom stereocenters. The molecule has 4 nitrogen and oxygen atoms in total. The normalized spacial score (nSPS) is 10.4. The van der Waals surface area contributed by atoms with E-state index in [1.54, 1.807) is 22.2 Å². The van der Waals surface area contributed by atoms with E-state index in [-0.39, 0.29) is 0 Å². The molecule has 0 bridgehead atoms. The second kappa shape index (κ2) is 5.01. The molecular weight excluding hydrogens is 244 g/mol. The first kappa shape index (κ1) is 11.0. The molecule has 3 aromatic rings. The zero-order valence-electron chi connectivity index (χ0n) is 9.65. The highest BCUT2D eigenvalue weighted by molar-refractivity contribution is 7.09. The maximum Gasteiger partial charge on any atom is 0.153 e.